The van der Waals surface area contributed by atoms with Gasteiger partial charge in [0.15, 0.2) is 0 Å². The van der Waals surface area contributed by atoms with Gasteiger partial charge in [-0.05, 0) is 29.5 Å². The lowest BCUT2D eigenvalue weighted by Crippen LogP contribution is -2.39. The number of para-hydroxylation sites is 1. The van der Waals surface area contributed by atoms with Crippen molar-refractivity contribution >= 4 is 28.2 Å². The molecule has 0 saturated carbocycles. The van der Waals surface area contributed by atoms with Gasteiger partial charge in [-0.2, -0.15) is 0 Å². The predicted octanol–water partition coefficient (Wildman–Crippen LogP) is 2.99. The number of hydrogen-bond donors (Lipinski definition) is 1. The largest absolute Gasteiger partial charge is 0.460 e. The lowest BCUT2D eigenvalue weighted by Gasteiger charge is -2.27. The van der Waals surface area contributed by atoms with Gasteiger partial charge in [0.25, 0.3) is 0 Å². The third-order valence-corrected chi connectivity index (χ3v) is 7.14. The summed E-state index contributed by atoms with van der Waals surface area (Å²) in [7, 11) is 0. The third kappa shape index (κ3) is 3.15. The summed E-state index contributed by atoms with van der Waals surface area (Å²) >= 11 is 1.62. The van der Waals surface area contributed by atoms with E-state index in [1.165, 1.54) is 0 Å². The Bertz CT molecular complexity index is 950. The second-order valence-electron chi connectivity index (χ2n) is 8.17. The van der Waals surface area contributed by atoms with E-state index in [1.807, 2.05) is 40.6 Å². The number of hydrogen-bond acceptors (Lipinski definition) is 5. The Balaban J connectivity index is 1.25. The highest BCUT2D eigenvalue weighted by Gasteiger charge is 2.53. The maximum Gasteiger partial charge on any atom is 0.227 e. The molecule has 3 aromatic rings. The summed E-state index contributed by atoms with van der Waals surface area (Å²) < 4.78 is 5.97. The first-order valence-corrected chi connectivity index (χ1v) is 10.6. The van der Waals surface area contributed by atoms with Crippen LogP contribution in [0.5, 0.6) is 0 Å². The number of nitrogens with zero attached hydrogens (tertiary/aromatic N) is 2. The molecule has 6 heteroatoms. The van der Waals surface area contributed by atoms with Crippen LogP contribution in [0.4, 0.5) is 0 Å². The monoisotopic (exact) mass is 396 g/mol. The highest BCUT2D eigenvalue weighted by atomic mass is 32.1. The molecule has 0 radical (unpaired) electrons. The van der Waals surface area contributed by atoms with Gasteiger partial charge in [0.05, 0.1) is 19.6 Å². The first-order chi connectivity index (χ1) is 13.6. The SMILES string of the molecule is O=C(Cc1cccs1)N1CC2CN(Cc3cc4ccccc4o3)CC2(CO)C1. The third-order valence-electron chi connectivity index (χ3n) is 6.26. The van der Waals surface area contributed by atoms with Gasteiger partial charge in [0.1, 0.15) is 11.3 Å². The summed E-state index contributed by atoms with van der Waals surface area (Å²) in [6, 6.07) is 14.2. The molecular weight excluding hydrogens is 372 g/mol. The topological polar surface area (TPSA) is 56.9 Å². The van der Waals surface area contributed by atoms with E-state index < -0.39 is 0 Å². The lowest BCUT2D eigenvalue weighted by molar-refractivity contribution is -0.130. The summed E-state index contributed by atoms with van der Waals surface area (Å²) in [6.07, 6.45) is 0.467. The van der Waals surface area contributed by atoms with Crippen LogP contribution >= 0.6 is 11.3 Å². The molecule has 5 rings (SSSR count). The van der Waals surface area contributed by atoms with Gasteiger partial charge in [-0.15, -0.1) is 11.3 Å². The van der Waals surface area contributed by atoms with E-state index in [-0.39, 0.29) is 17.9 Å². The number of carbonyl (C=O) groups is 1. The van der Waals surface area contributed by atoms with Gasteiger partial charge in [-0.25, -0.2) is 0 Å². The number of thiophene rings is 1. The van der Waals surface area contributed by atoms with Crippen molar-refractivity contribution in [2.24, 2.45) is 11.3 Å². The fraction of sp³-hybridized carbons (Fsp3) is 0.409. The molecule has 1 N–H and O–H groups in total. The highest BCUT2D eigenvalue weighted by molar-refractivity contribution is 7.10. The van der Waals surface area contributed by atoms with Gasteiger partial charge in [0.2, 0.25) is 5.91 Å². The standard InChI is InChI=1S/C22H24N2O3S/c25-15-22-13-23(12-18-8-16-4-1-2-6-20(16)27-18)10-17(22)11-24(14-22)21(26)9-19-5-3-7-28-19/h1-8,17,25H,9-15H2. The molecule has 2 atom stereocenters. The minimum atomic E-state index is -0.211. The van der Waals surface area contributed by atoms with Crippen molar-refractivity contribution in [3.8, 4) is 0 Å². The van der Waals surface area contributed by atoms with Crippen LogP contribution in [0.1, 0.15) is 10.6 Å². The molecule has 2 aromatic heterocycles. The normalized spacial score (nSPS) is 24.9. The molecule has 2 aliphatic rings. The first kappa shape index (κ1) is 17.9. The Kier molecular flexibility index (Phi) is 4.50. The van der Waals surface area contributed by atoms with Crippen molar-refractivity contribution in [2.75, 3.05) is 32.8 Å². The van der Waals surface area contributed by atoms with E-state index in [2.05, 4.69) is 17.0 Å². The molecule has 2 fully saturated rings. The number of aliphatic hydroxyl groups is 1. The van der Waals surface area contributed by atoms with Crippen LogP contribution in [0.2, 0.25) is 0 Å². The number of carbonyl (C=O) groups excluding carboxylic acids is 1. The van der Waals surface area contributed by atoms with Crippen LogP contribution < -0.4 is 0 Å². The molecule has 4 heterocycles. The number of amides is 1. The molecule has 0 spiro atoms. The van der Waals surface area contributed by atoms with Crippen molar-refractivity contribution in [3.05, 3.63) is 58.5 Å². The van der Waals surface area contributed by atoms with Crippen LogP contribution in [-0.4, -0.2) is 53.6 Å². The smallest absolute Gasteiger partial charge is 0.227 e. The van der Waals surface area contributed by atoms with Crippen LogP contribution in [0.3, 0.4) is 0 Å². The van der Waals surface area contributed by atoms with Crippen molar-refractivity contribution in [1.29, 1.82) is 0 Å². The van der Waals surface area contributed by atoms with Gasteiger partial charge in [-0.1, -0.05) is 24.3 Å². The average Bonchev–Trinajstić information content (AvgIpc) is 3.43. The molecule has 2 aliphatic heterocycles. The molecule has 28 heavy (non-hydrogen) atoms. The quantitative estimate of drug-likeness (QED) is 0.720. The minimum absolute atomic E-state index is 0.122. The molecule has 146 valence electrons. The Hall–Kier alpha value is -2.15. The van der Waals surface area contributed by atoms with Crippen LogP contribution in [0.25, 0.3) is 11.0 Å². The lowest BCUT2D eigenvalue weighted by atomic mass is 9.82. The van der Waals surface area contributed by atoms with Gasteiger partial charge in [0, 0.05) is 41.9 Å². The Morgan fingerprint density at radius 3 is 2.86 bits per heavy atom. The molecular formula is C22H24N2O3S. The van der Waals surface area contributed by atoms with E-state index >= 15 is 0 Å². The summed E-state index contributed by atoms with van der Waals surface area (Å²) in [5, 5.41) is 13.3. The number of aliphatic hydroxyl groups excluding tert-OH is 1. The highest BCUT2D eigenvalue weighted by Crippen LogP contribution is 2.43. The molecule has 1 aromatic carbocycles. The predicted molar refractivity (Wildman–Crippen MR) is 109 cm³/mol. The molecule has 0 bridgehead atoms. The number of furan rings is 1. The minimum Gasteiger partial charge on any atom is -0.460 e. The molecule has 1 amide bonds. The Labute approximate surface area is 168 Å². The second kappa shape index (κ2) is 7.03. The summed E-state index contributed by atoms with van der Waals surface area (Å²) in [5.41, 5.74) is 0.705. The van der Waals surface area contributed by atoms with E-state index in [4.69, 9.17) is 4.42 Å². The second-order valence-corrected chi connectivity index (χ2v) is 9.20. The maximum absolute atomic E-state index is 12.7. The Morgan fingerprint density at radius 1 is 1.21 bits per heavy atom. The zero-order valence-corrected chi connectivity index (χ0v) is 16.5. The maximum atomic E-state index is 12.7. The van der Waals surface area contributed by atoms with Crippen molar-refractivity contribution < 1.29 is 14.3 Å². The zero-order valence-electron chi connectivity index (χ0n) is 15.7. The summed E-state index contributed by atoms with van der Waals surface area (Å²) in [5.74, 6) is 1.45. The molecule has 2 saturated heterocycles. The average molecular weight is 397 g/mol. The zero-order chi connectivity index (χ0) is 19.1. The summed E-state index contributed by atoms with van der Waals surface area (Å²) in [6.45, 7) is 3.94. The molecule has 5 nitrogen and oxygen atoms in total. The van der Waals surface area contributed by atoms with Crippen LogP contribution in [-0.2, 0) is 17.8 Å². The number of fused-ring (bicyclic) bond motifs is 2. The number of likely N-dealkylation sites (tertiary alicyclic amines) is 2. The van der Waals surface area contributed by atoms with E-state index in [1.54, 1.807) is 11.3 Å². The molecule has 0 aliphatic carbocycles. The number of rotatable bonds is 5. The van der Waals surface area contributed by atoms with Crippen LogP contribution in [0.15, 0.2) is 52.3 Å². The van der Waals surface area contributed by atoms with Gasteiger partial charge < -0.3 is 14.4 Å². The van der Waals surface area contributed by atoms with Crippen LogP contribution in [0, 0.1) is 11.3 Å². The molecule has 2 unspecified atom stereocenters. The fourth-order valence-electron chi connectivity index (χ4n) is 4.83. The van der Waals surface area contributed by atoms with Crippen molar-refractivity contribution in [1.82, 2.24) is 9.80 Å². The van der Waals surface area contributed by atoms with Crippen molar-refractivity contribution in [2.45, 2.75) is 13.0 Å². The fourth-order valence-corrected chi connectivity index (χ4v) is 5.53. The van der Waals surface area contributed by atoms with E-state index in [0.717, 1.165) is 47.8 Å². The summed E-state index contributed by atoms with van der Waals surface area (Å²) in [4.78, 5) is 18.1. The van der Waals surface area contributed by atoms with E-state index in [0.29, 0.717) is 18.9 Å². The van der Waals surface area contributed by atoms with Crippen molar-refractivity contribution in [3.63, 3.8) is 0 Å². The van der Waals surface area contributed by atoms with E-state index in [9.17, 15) is 9.90 Å². The van der Waals surface area contributed by atoms with Gasteiger partial charge >= 0.3 is 0 Å². The number of benzene rings is 1. The first-order valence-electron chi connectivity index (χ1n) is 9.76. The Morgan fingerprint density at radius 2 is 2.11 bits per heavy atom. The van der Waals surface area contributed by atoms with Gasteiger partial charge in [-0.3, -0.25) is 9.69 Å².